The van der Waals surface area contributed by atoms with Crippen LogP contribution in [0.2, 0.25) is 0 Å². The molecular formula is C18H19NO3. The van der Waals surface area contributed by atoms with E-state index in [-0.39, 0.29) is 0 Å². The van der Waals surface area contributed by atoms with Crippen molar-refractivity contribution in [3.63, 3.8) is 0 Å². The zero-order valence-electron chi connectivity index (χ0n) is 12.3. The number of ether oxygens (including phenoxy) is 1. The van der Waals surface area contributed by atoms with Crippen LogP contribution in [0.25, 0.3) is 0 Å². The highest BCUT2D eigenvalue weighted by Crippen LogP contribution is 2.25. The van der Waals surface area contributed by atoms with Gasteiger partial charge in [-0.2, -0.15) is 0 Å². The van der Waals surface area contributed by atoms with Crippen molar-refractivity contribution in [3.05, 3.63) is 65.2 Å². The van der Waals surface area contributed by atoms with Gasteiger partial charge in [-0.1, -0.05) is 42.5 Å². The smallest absolute Gasteiger partial charge is 0.321 e. The molecule has 0 saturated heterocycles. The molecule has 1 aliphatic heterocycles. The molecule has 22 heavy (non-hydrogen) atoms. The summed E-state index contributed by atoms with van der Waals surface area (Å²) in [7, 11) is 0. The Morgan fingerprint density at radius 2 is 2.00 bits per heavy atom. The molecule has 0 radical (unpaired) electrons. The summed E-state index contributed by atoms with van der Waals surface area (Å²) in [5.41, 5.74) is 3.31. The van der Waals surface area contributed by atoms with Gasteiger partial charge < -0.3 is 15.2 Å². The molecule has 1 aliphatic rings. The molecule has 2 aromatic carbocycles. The van der Waals surface area contributed by atoms with Crippen molar-refractivity contribution in [1.82, 2.24) is 5.32 Å². The number of hydrogen-bond acceptors (Lipinski definition) is 3. The minimum Gasteiger partial charge on any atom is -0.493 e. The molecule has 4 nitrogen and oxygen atoms in total. The fourth-order valence-electron chi connectivity index (χ4n) is 2.69. The first-order chi connectivity index (χ1) is 10.7. The van der Waals surface area contributed by atoms with Crippen molar-refractivity contribution in [2.75, 3.05) is 6.61 Å². The Balaban J connectivity index is 1.63. The van der Waals surface area contributed by atoms with Crippen molar-refractivity contribution in [1.29, 1.82) is 0 Å². The standard InChI is InChI=1S/C18H19NO3/c20-18(21)16(11-13-4-2-1-3-5-13)19-12-14-6-7-17-15(10-14)8-9-22-17/h1-7,10,16,19H,8-9,11-12H2,(H,20,21)/t16-/m1/s1. The number of aliphatic carboxylic acids is 1. The maximum Gasteiger partial charge on any atom is 0.321 e. The van der Waals surface area contributed by atoms with Crippen molar-refractivity contribution >= 4 is 5.97 Å². The number of benzene rings is 2. The van der Waals surface area contributed by atoms with Gasteiger partial charge >= 0.3 is 5.97 Å². The van der Waals surface area contributed by atoms with Crippen LogP contribution in [0.15, 0.2) is 48.5 Å². The van der Waals surface area contributed by atoms with Gasteiger partial charge in [0.15, 0.2) is 0 Å². The van der Waals surface area contributed by atoms with E-state index < -0.39 is 12.0 Å². The molecule has 0 bridgehead atoms. The van der Waals surface area contributed by atoms with Crippen molar-refractivity contribution in [2.45, 2.75) is 25.4 Å². The molecule has 0 aromatic heterocycles. The molecule has 0 aliphatic carbocycles. The van der Waals surface area contributed by atoms with Gasteiger partial charge in [-0.3, -0.25) is 4.79 Å². The van der Waals surface area contributed by atoms with Gasteiger partial charge in [0.2, 0.25) is 0 Å². The Hall–Kier alpha value is -2.33. The van der Waals surface area contributed by atoms with Gasteiger partial charge in [0, 0.05) is 13.0 Å². The molecule has 114 valence electrons. The van der Waals surface area contributed by atoms with E-state index >= 15 is 0 Å². The molecule has 3 rings (SSSR count). The van der Waals surface area contributed by atoms with E-state index in [1.165, 1.54) is 5.56 Å². The van der Waals surface area contributed by atoms with Gasteiger partial charge in [-0.05, 0) is 29.2 Å². The molecule has 0 saturated carbocycles. The maximum absolute atomic E-state index is 11.4. The lowest BCUT2D eigenvalue weighted by atomic mass is 10.0. The average molecular weight is 297 g/mol. The third kappa shape index (κ3) is 3.46. The summed E-state index contributed by atoms with van der Waals surface area (Å²) >= 11 is 0. The number of carboxylic acids is 1. The summed E-state index contributed by atoms with van der Waals surface area (Å²) in [6.45, 7) is 1.27. The van der Waals surface area contributed by atoms with Crippen molar-refractivity contribution < 1.29 is 14.6 Å². The van der Waals surface area contributed by atoms with E-state index in [0.717, 1.165) is 29.9 Å². The van der Waals surface area contributed by atoms with Crippen LogP contribution in [0.1, 0.15) is 16.7 Å². The predicted molar refractivity (Wildman–Crippen MR) is 84.1 cm³/mol. The lowest BCUT2D eigenvalue weighted by Gasteiger charge is -2.15. The molecule has 1 heterocycles. The zero-order valence-corrected chi connectivity index (χ0v) is 12.3. The zero-order chi connectivity index (χ0) is 15.4. The minimum atomic E-state index is -0.826. The van der Waals surface area contributed by atoms with Crippen molar-refractivity contribution in [2.24, 2.45) is 0 Å². The number of carbonyl (C=O) groups is 1. The second-order valence-electron chi connectivity index (χ2n) is 5.50. The van der Waals surface area contributed by atoms with Gasteiger partial charge in [0.1, 0.15) is 11.8 Å². The Kier molecular flexibility index (Phi) is 4.39. The van der Waals surface area contributed by atoms with Gasteiger partial charge in [0.25, 0.3) is 0 Å². The molecule has 0 amide bonds. The SMILES string of the molecule is O=C(O)[C@@H](Cc1ccccc1)NCc1ccc2c(c1)CCO2. The lowest BCUT2D eigenvalue weighted by molar-refractivity contribution is -0.139. The van der Waals surface area contributed by atoms with Crippen LogP contribution in [0.3, 0.4) is 0 Å². The molecule has 1 atom stereocenters. The van der Waals surface area contributed by atoms with Crippen molar-refractivity contribution in [3.8, 4) is 5.75 Å². The fraction of sp³-hybridized carbons (Fsp3) is 0.278. The van der Waals surface area contributed by atoms with E-state index in [9.17, 15) is 9.90 Å². The molecule has 2 aromatic rings. The van der Waals surface area contributed by atoms with E-state index in [0.29, 0.717) is 13.0 Å². The Labute approximate surface area is 129 Å². The molecule has 4 heteroatoms. The van der Waals surface area contributed by atoms with E-state index in [1.54, 1.807) is 0 Å². The number of hydrogen-bond donors (Lipinski definition) is 2. The first-order valence-corrected chi connectivity index (χ1v) is 7.47. The topological polar surface area (TPSA) is 58.6 Å². The van der Waals surface area contributed by atoms with E-state index in [4.69, 9.17) is 4.74 Å². The van der Waals surface area contributed by atoms with Crippen LogP contribution in [0, 0.1) is 0 Å². The third-order valence-electron chi connectivity index (χ3n) is 3.89. The average Bonchev–Trinajstić information content (AvgIpc) is 2.99. The monoisotopic (exact) mass is 297 g/mol. The molecule has 2 N–H and O–H groups in total. The van der Waals surface area contributed by atoms with Crippen LogP contribution < -0.4 is 10.1 Å². The summed E-state index contributed by atoms with van der Waals surface area (Å²) in [6.07, 6.45) is 1.40. The second-order valence-corrected chi connectivity index (χ2v) is 5.50. The third-order valence-corrected chi connectivity index (χ3v) is 3.89. The Morgan fingerprint density at radius 3 is 2.77 bits per heavy atom. The van der Waals surface area contributed by atoms with E-state index in [2.05, 4.69) is 11.4 Å². The van der Waals surface area contributed by atoms with Crippen LogP contribution in [-0.4, -0.2) is 23.7 Å². The minimum absolute atomic E-state index is 0.476. The predicted octanol–water partition coefficient (Wildman–Crippen LogP) is 2.41. The van der Waals surface area contributed by atoms with Crippen LogP contribution in [-0.2, 0) is 24.2 Å². The molecule has 0 fully saturated rings. The van der Waals surface area contributed by atoms with Crippen LogP contribution in [0.5, 0.6) is 5.75 Å². The number of rotatable bonds is 6. The maximum atomic E-state index is 11.4. The van der Waals surface area contributed by atoms with Crippen LogP contribution in [0.4, 0.5) is 0 Å². The van der Waals surface area contributed by atoms with Gasteiger partial charge in [0.05, 0.1) is 6.61 Å². The summed E-state index contributed by atoms with van der Waals surface area (Å²) in [5, 5.41) is 12.5. The number of carboxylic acid groups (broad SMARTS) is 1. The largest absolute Gasteiger partial charge is 0.493 e. The quantitative estimate of drug-likeness (QED) is 0.859. The highest BCUT2D eigenvalue weighted by molar-refractivity contribution is 5.73. The summed E-state index contributed by atoms with van der Waals surface area (Å²) in [4.78, 5) is 11.4. The summed E-state index contributed by atoms with van der Waals surface area (Å²) in [6, 6.07) is 15.1. The molecular weight excluding hydrogens is 278 g/mol. The first-order valence-electron chi connectivity index (χ1n) is 7.47. The summed E-state index contributed by atoms with van der Waals surface area (Å²) < 4.78 is 5.48. The Bertz CT molecular complexity index is 655. The molecule has 0 spiro atoms. The van der Waals surface area contributed by atoms with Gasteiger partial charge in [-0.15, -0.1) is 0 Å². The fourth-order valence-corrected chi connectivity index (χ4v) is 2.69. The lowest BCUT2D eigenvalue weighted by Crippen LogP contribution is -2.38. The highest BCUT2D eigenvalue weighted by Gasteiger charge is 2.18. The normalized spacial score (nSPS) is 14.2. The number of fused-ring (bicyclic) bond motifs is 1. The first kappa shape index (κ1) is 14.6. The van der Waals surface area contributed by atoms with Crippen LogP contribution >= 0.6 is 0 Å². The number of nitrogens with one attached hydrogen (secondary N) is 1. The molecule has 0 unspecified atom stereocenters. The highest BCUT2D eigenvalue weighted by atomic mass is 16.5. The Morgan fingerprint density at radius 1 is 1.18 bits per heavy atom. The summed E-state index contributed by atoms with van der Waals surface area (Å²) in [5.74, 6) is 0.121. The van der Waals surface area contributed by atoms with E-state index in [1.807, 2.05) is 42.5 Å². The second kappa shape index (κ2) is 6.62. The van der Waals surface area contributed by atoms with Gasteiger partial charge in [-0.25, -0.2) is 0 Å².